The lowest BCUT2D eigenvalue weighted by molar-refractivity contribution is -0.112. The van der Waals surface area contributed by atoms with Crippen molar-refractivity contribution < 1.29 is 14.3 Å². The standard InChI is InChI=1S/C24H17Cl3N2O3/c1-31-22-11-15(9-17(13-28)24(30)29-19-5-3-2-4-6-19)10-21(27)23(22)32-14-16-7-8-18(25)12-20(16)26/h2-12H,14H2,1H3,(H,29,30)/b17-9-. The highest BCUT2D eigenvalue weighted by atomic mass is 35.5. The number of para-hydroxylation sites is 1. The van der Waals surface area contributed by atoms with E-state index in [0.717, 1.165) is 5.56 Å². The molecule has 3 aromatic carbocycles. The van der Waals surface area contributed by atoms with Gasteiger partial charge in [-0.15, -0.1) is 0 Å². The number of rotatable bonds is 7. The molecule has 0 radical (unpaired) electrons. The lowest BCUT2D eigenvalue weighted by Gasteiger charge is -2.14. The van der Waals surface area contributed by atoms with Crippen LogP contribution in [0.15, 0.2) is 66.2 Å². The molecule has 32 heavy (non-hydrogen) atoms. The number of halogens is 3. The van der Waals surface area contributed by atoms with E-state index in [4.69, 9.17) is 44.3 Å². The summed E-state index contributed by atoms with van der Waals surface area (Å²) < 4.78 is 11.2. The molecule has 0 atom stereocenters. The first-order chi connectivity index (χ1) is 15.4. The zero-order valence-electron chi connectivity index (χ0n) is 16.9. The molecule has 162 valence electrons. The molecule has 3 aromatic rings. The summed E-state index contributed by atoms with van der Waals surface area (Å²) in [6.07, 6.45) is 1.42. The molecule has 0 heterocycles. The Morgan fingerprint density at radius 3 is 2.47 bits per heavy atom. The monoisotopic (exact) mass is 486 g/mol. The van der Waals surface area contributed by atoms with E-state index in [-0.39, 0.29) is 17.2 Å². The summed E-state index contributed by atoms with van der Waals surface area (Å²) in [5, 5.41) is 13.4. The number of hydrogen-bond acceptors (Lipinski definition) is 4. The van der Waals surface area contributed by atoms with Crippen LogP contribution in [0.1, 0.15) is 11.1 Å². The highest BCUT2D eigenvalue weighted by Gasteiger charge is 2.15. The van der Waals surface area contributed by atoms with Crippen molar-refractivity contribution in [2.45, 2.75) is 6.61 Å². The highest BCUT2D eigenvalue weighted by Crippen LogP contribution is 2.38. The van der Waals surface area contributed by atoms with Crippen LogP contribution in [0.5, 0.6) is 11.5 Å². The SMILES string of the molecule is COc1cc(/C=C(/C#N)C(=O)Nc2ccccc2)cc(Cl)c1OCc1ccc(Cl)cc1Cl. The van der Waals surface area contributed by atoms with E-state index < -0.39 is 5.91 Å². The normalized spacial score (nSPS) is 10.9. The third-order valence-corrected chi connectivity index (χ3v) is 5.21. The van der Waals surface area contributed by atoms with Crippen LogP contribution in [0.2, 0.25) is 15.1 Å². The van der Waals surface area contributed by atoms with E-state index >= 15 is 0 Å². The largest absolute Gasteiger partial charge is 0.493 e. The molecule has 8 heteroatoms. The zero-order valence-corrected chi connectivity index (χ0v) is 19.1. The second kappa shape index (κ2) is 10.9. The maximum atomic E-state index is 12.5. The fourth-order valence-electron chi connectivity index (χ4n) is 2.79. The Hall–Kier alpha value is -3.17. The van der Waals surface area contributed by atoms with Crippen LogP contribution in [0.25, 0.3) is 6.08 Å². The molecule has 0 aromatic heterocycles. The first-order valence-corrected chi connectivity index (χ1v) is 10.5. The minimum atomic E-state index is -0.536. The van der Waals surface area contributed by atoms with E-state index in [0.29, 0.717) is 32.8 Å². The molecule has 0 saturated heterocycles. The molecule has 0 fully saturated rings. The molecule has 1 N–H and O–H groups in total. The average Bonchev–Trinajstić information content (AvgIpc) is 2.78. The molecule has 0 aliphatic heterocycles. The van der Waals surface area contributed by atoms with Crippen LogP contribution in [-0.2, 0) is 11.4 Å². The number of ether oxygens (including phenoxy) is 2. The molecule has 0 saturated carbocycles. The number of methoxy groups -OCH3 is 1. The molecular weight excluding hydrogens is 471 g/mol. The zero-order chi connectivity index (χ0) is 23.1. The van der Waals surface area contributed by atoms with Crippen LogP contribution in [0, 0.1) is 11.3 Å². The highest BCUT2D eigenvalue weighted by molar-refractivity contribution is 6.35. The number of nitrogens with zero attached hydrogens (tertiary/aromatic N) is 1. The number of amides is 1. The smallest absolute Gasteiger partial charge is 0.266 e. The Morgan fingerprint density at radius 2 is 1.81 bits per heavy atom. The van der Waals surface area contributed by atoms with Crippen LogP contribution in [0.3, 0.4) is 0 Å². The van der Waals surface area contributed by atoms with Crippen molar-refractivity contribution in [1.82, 2.24) is 0 Å². The van der Waals surface area contributed by atoms with E-state index in [2.05, 4.69) is 5.32 Å². The van der Waals surface area contributed by atoms with Gasteiger partial charge in [-0.3, -0.25) is 4.79 Å². The van der Waals surface area contributed by atoms with Crippen LogP contribution in [0.4, 0.5) is 5.69 Å². The van der Waals surface area contributed by atoms with Gasteiger partial charge in [0.25, 0.3) is 5.91 Å². The minimum Gasteiger partial charge on any atom is -0.493 e. The summed E-state index contributed by atoms with van der Waals surface area (Å²) in [5.74, 6) is 0.116. The second-order valence-corrected chi connectivity index (χ2v) is 7.80. The van der Waals surface area contributed by atoms with Crippen LogP contribution < -0.4 is 14.8 Å². The summed E-state index contributed by atoms with van der Waals surface area (Å²) >= 11 is 18.5. The maximum Gasteiger partial charge on any atom is 0.266 e. The first-order valence-electron chi connectivity index (χ1n) is 9.33. The van der Waals surface area contributed by atoms with Crippen molar-refractivity contribution in [3.8, 4) is 17.6 Å². The predicted molar refractivity (Wildman–Crippen MR) is 127 cm³/mol. The van der Waals surface area contributed by atoms with Crippen molar-refractivity contribution >= 4 is 52.5 Å². The van der Waals surface area contributed by atoms with Gasteiger partial charge in [-0.05, 0) is 48.0 Å². The Labute approximate surface area is 200 Å². The van der Waals surface area contributed by atoms with Gasteiger partial charge < -0.3 is 14.8 Å². The van der Waals surface area contributed by atoms with E-state index in [1.54, 1.807) is 54.6 Å². The Balaban J connectivity index is 1.82. The number of nitrogens with one attached hydrogen (secondary N) is 1. The van der Waals surface area contributed by atoms with Gasteiger partial charge in [0.2, 0.25) is 0 Å². The molecule has 5 nitrogen and oxygen atoms in total. The summed E-state index contributed by atoms with van der Waals surface area (Å²) in [7, 11) is 1.47. The van der Waals surface area contributed by atoms with Gasteiger partial charge in [-0.2, -0.15) is 5.26 Å². The number of carbonyl (C=O) groups excluding carboxylic acids is 1. The third-order valence-electron chi connectivity index (χ3n) is 4.35. The van der Waals surface area contributed by atoms with Crippen LogP contribution in [-0.4, -0.2) is 13.0 Å². The van der Waals surface area contributed by atoms with Gasteiger partial charge in [0.15, 0.2) is 11.5 Å². The van der Waals surface area contributed by atoms with Crippen molar-refractivity contribution in [1.29, 1.82) is 5.26 Å². The summed E-state index contributed by atoms with van der Waals surface area (Å²) in [6.45, 7) is 0.143. The molecule has 0 spiro atoms. The van der Waals surface area contributed by atoms with Gasteiger partial charge in [0.05, 0.1) is 12.1 Å². The maximum absolute atomic E-state index is 12.5. The van der Waals surface area contributed by atoms with Gasteiger partial charge in [0.1, 0.15) is 18.2 Å². The average molecular weight is 488 g/mol. The molecule has 3 rings (SSSR count). The lowest BCUT2D eigenvalue weighted by Crippen LogP contribution is -2.13. The minimum absolute atomic E-state index is 0.0893. The van der Waals surface area contributed by atoms with Crippen molar-refractivity contribution in [2.75, 3.05) is 12.4 Å². The number of benzene rings is 3. The lowest BCUT2D eigenvalue weighted by atomic mass is 10.1. The van der Waals surface area contributed by atoms with Crippen LogP contribution >= 0.6 is 34.8 Å². The van der Waals surface area contributed by atoms with Crippen molar-refractivity contribution in [3.63, 3.8) is 0 Å². The van der Waals surface area contributed by atoms with E-state index in [1.807, 2.05) is 12.1 Å². The van der Waals surface area contributed by atoms with Crippen molar-refractivity contribution in [3.05, 3.63) is 92.4 Å². The summed E-state index contributed by atoms with van der Waals surface area (Å²) in [6, 6.07) is 19.1. The Kier molecular flexibility index (Phi) is 8.02. The third kappa shape index (κ3) is 5.95. The molecule has 0 aliphatic carbocycles. The van der Waals surface area contributed by atoms with Gasteiger partial charge in [-0.25, -0.2) is 0 Å². The predicted octanol–water partition coefficient (Wildman–Crippen LogP) is 6.78. The number of anilines is 1. The van der Waals surface area contributed by atoms with E-state index in [1.165, 1.54) is 13.2 Å². The first kappa shape index (κ1) is 23.5. The summed E-state index contributed by atoms with van der Waals surface area (Å²) in [4.78, 5) is 12.5. The molecular formula is C24H17Cl3N2O3. The molecule has 1 amide bonds. The molecule has 0 aliphatic rings. The van der Waals surface area contributed by atoms with E-state index in [9.17, 15) is 10.1 Å². The fraction of sp³-hybridized carbons (Fsp3) is 0.0833. The van der Waals surface area contributed by atoms with Gasteiger partial charge >= 0.3 is 0 Å². The Morgan fingerprint density at radius 1 is 1.06 bits per heavy atom. The Bertz CT molecular complexity index is 1210. The van der Waals surface area contributed by atoms with Gasteiger partial charge in [-0.1, -0.05) is 59.1 Å². The number of nitriles is 1. The fourth-order valence-corrected chi connectivity index (χ4v) is 3.52. The van der Waals surface area contributed by atoms with Gasteiger partial charge in [0, 0.05) is 21.3 Å². The summed E-state index contributed by atoms with van der Waals surface area (Å²) in [5.41, 5.74) is 1.72. The molecule has 0 unspecified atom stereocenters. The molecule has 0 bridgehead atoms. The van der Waals surface area contributed by atoms with Crippen molar-refractivity contribution in [2.24, 2.45) is 0 Å². The quantitative estimate of drug-likeness (QED) is 0.294. The second-order valence-electron chi connectivity index (χ2n) is 6.55. The number of carbonyl (C=O) groups is 1. The number of hydrogen-bond donors (Lipinski definition) is 1. The topological polar surface area (TPSA) is 71.3 Å².